The van der Waals surface area contributed by atoms with Gasteiger partial charge in [-0.1, -0.05) is 35.6 Å². The number of carbonyl (C=O) groups excluding carboxylic acids is 2. The van der Waals surface area contributed by atoms with E-state index in [0.717, 1.165) is 11.3 Å². The molecule has 0 radical (unpaired) electrons. The second-order valence-electron chi connectivity index (χ2n) is 9.22. The van der Waals surface area contributed by atoms with Gasteiger partial charge in [0.15, 0.2) is 4.80 Å². The van der Waals surface area contributed by atoms with Crippen molar-refractivity contribution in [2.24, 2.45) is 4.99 Å². The molecule has 4 aromatic rings. The van der Waals surface area contributed by atoms with Crippen molar-refractivity contribution >= 4 is 35.0 Å². The molecule has 5 rings (SSSR count). The molecular weight excluding hydrogens is 530 g/mol. The summed E-state index contributed by atoms with van der Waals surface area (Å²) in [6.07, 6.45) is 3.21. The van der Waals surface area contributed by atoms with Gasteiger partial charge in [-0.2, -0.15) is 0 Å². The molecule has 3 heterocycles. The summed E-state index contributed by atoms with van der Waals surface area (Å²) < 4.78 is 17.8. The molecule has 0 saturated carbocycles. The Kier molecular flexibility index (Phi) is 7.52. The Bertz CT molecular complexity index is 1760. The molecule has 1 aliphatic heterocycles. The van der Waals surface area contributed by atoms with Gasteiger partial charge in [-0.25, -0.2) is 14.6 Å². The third-order valence-electron chi connectivity index (χ3n) is 6.35. The minimum atomic E-state index is -0.775. The molecule has 0 spiro atoms. The van der Waals surface area contributed by atoms with Gasteiger partial charge < -0.3 is 18.8 Å². The van der Waals surface area contributed by atoms with Crippen molar-refractivity contribution in [1.82, 2.24) is 4.57 Å². The first-order valence-corrected chi connectivity index (χ1v) is 13.4. The fourth-order valence-corrected chi connectivity index (χ4v) is 5.44. The van der Waals surface area contributed by atoms with Gasteiger partial charge in [-0.15, -0.1) is 0 Å². The van der Waals surface area contributed by atoms with Crippen LogP contribution in [0.4, 0.5) is 5.69 Å². The Hall–Kier alpha value is -4.70. The number of nitrogens with zero attached hydrogens (tertiary/aromatic N) is 3. The van der Waals surface area contributed by atoms with Gasteiger partial charge in [0.25, 0.3) is 5.56 Å². The topological polar surface area (TPSA) is 103 Å². The van der Waals surface area contributed by atoms with Crippen molar-refractivity contribution in [3.05, 3.63) is 115 Å². The Morgan fingerprint density at radius 3 is 2.42 bits per heavy atom. The molecule has 1 atom stereocenters. The summed E-state index contributed by atoms with van der Waals surface area (Å²) in [5, 5.41) is 0. The molecule has 0 amide bonds. The number of carbonyl (C=O) groups is 2. The number of rotatable bonds is 7. The zero-order chi connectivity index (χ0) is 28.4. The number of benzene rings is 2. The van der Waals surface area contributed by atoms with Crippen LogP contribution < -0.4 is 24.5 Å². The van der Waals surface area contributed by atoms with Crippen LogP contribution in [-0.4, -0.2) is 37.2 Å². The van der Waals surface area contributed by atoms with Crippen LogP contribution >= 0.6 is 11.3 Å². The van der Waals surface area contributed by atoms with Crippen molar-refractivity contribution < 1.29 is 23.5 Å². The first kappa shape index (κ1) is 26.9. The van der Waals surface area contributed by atoms with Crippen LogP contribution in [-0.2, 0) is 9.53 Å². The molecule has 9 nitrogen and oxygen atoms in total. The van der Waals surface area contributed by atoms with Crippen LogP contribution in [0.25, 0.3) is 6.08 Å². The second-order valence-corrected chi connectivity index (χ2v) is 10.2. The monoisotopic (exact) mass is 557 g/mol. The number of aromatic nitrogens is 1. The van der Waals surface area contributed by atoms with E-state index in [1.165, 1.54) is 28.2 Å². The Morgan fingerprint density at radius 2 is 1.80 bits per heavy atom. The van der Waals surface area contributed by atoms with Crippen LogP contribution in [0.15, 0.2) is 92.4 Å². The van der Waals surface area contributed by atoms with Crippen LogP contribution in [0.2, 0.25) is 0 Å². The molecule has 0 unspecified atom stereocenters. The lowest BCUT2D eigenvalue weighted by Crippen LogP contribution is -2.39. The molecule has 0 aliphatic carbocycles. The standard InChI is InChI=1S/C30H27N3O6S/c1-5-37-29(36)25-18(2)31-30-33(27(34)24(40-30)17-19-8-12-21(13-9-19)32(3)4)26(25)20-10-14-22(15-11-20)39-28(35)23-7-6-16-38-23/h6-17,26H,5H2,1-4H3/b24-17+/t26-/m1/s1. The molecular formula is C30H27N3O6S. The number of anilines is 1. The highest BCUT2D eigenvalue weighted by Gasteiger charge is 2.33. The van der Waals surface area contributed by atoms with E-state index >= 15 is 0 Å². The van der Waals surface area contributed by atoms with E-state index in [2.05, 4.69) is 4.99 Å². The third-order valence-corrected chi connectivity index (χ3v) is 7.34. The zero-order valence-corrected chi connectivity index (χ0v) is 23.2. The highest BCUT2D eigenvalue weighted by molar-refractivity contribution is 7.07. The lowest BCUT2D eigenvalue weighted by molar-refractivity contribution is -0.139. The Morgan fingerprint density at radius 1 is 1.07 bits per heavy atom. The van der Waals surface area contributed by atoms with Gasteiger partial charge >= 0.3 is 11.9 Å². The van der Waals surface area contributed by atoms with E-state index in [9.17, 15) is 14.4 Å². The van der Waals surface area contributed by atoms with E-state index in [1.807, 2.05) is 49.3 Å². The largest absolute Gasteiger partial charge is 0.463 e. The summed E-state index contributed by atoms with van der Waals surface area (Å²) in [4.78, 5) is 46.2. The van der Waals surface area contributed by atoms with Crippen LogP contribution in [0.1, 0.15) is 41.6 Å². The summed E-state index contributed by atoms with van der Waals surface area (Å²) in [5.41, 5.74) is 3.03. The number of fused-ring (bicyclic) bond motifs is 1. The van der Waals surface area contributed by atoms with Gasteiger partial charge in [0.1, 0.15) is 5.75 Å². The summed E-state index contributed by atoms with van der Waals surface area (Å²) in [5.74, 6) is -0.809. The van der Waals surface area contributed by atoms with Crippen LogP contribution in [0.5, 0.6) is 5.75 Å². The lowest BCUT2D eigenvalue weighted by atomic mass is 9.96. The van der Waals surface area contributed by atoms with Crippen LogP contribution in [0.3, 0.4) is 0 Å². The van der Waals surface area contributed by atoms with Gasteiger partial charge in [-0.3, -0.25) is 9.36 Å². The quantitative estimate of drug-likeness (QED) is 0.252. The highest BCUT2D eigenvalue weighted by Crippen LogP contribution is 2.31. The number of hydrogen-bond donors (Lipinski definition) is 0. The van der Waals surface area contributed by atoms with Crippen molar-refractivity contribution in [2.75, 3.05) is 25.6 Å². The molecule has 0 N–H and O–H groups in total. The predicted molar refractivity (Wildman–Crippen MR) is 151 cm³/mol. The van der Waals surface area contributed by atoms with Gasteiger partial charge in [-0.05, 0) is 67.4 Å². The molecule has 10 heteroatoms. The number of thiazole rings is 1. The molecule has 0 saturated heterocycles. The molecule has 2 aromatic heterocycles. The fourth-order valence-electron chi connectivity index (χ4n) is 4.40. The minimum Gasteiger partial charge on any atom is -0.463 e. The van der Waals surface area contributed by atoms with Gasteiger partial charge in [0, 0.05) is 19.8 Å². The highest BCUT2D eigenvalue weighted by atomic mass is 32.1. The van der Waals surface area contributed by atoms with E-state index in [4.69, 9.17) is 13.9 Å². The van der Waals surface area contributed by atoms with Crippen LogP contribution in [0, 0.1) is 0 Å². The Labute approximate surface area is 233 Å². The summed E-state index contributed by atoms with van der Waals surface area (Å²) in [6, 6.07) is 16.8. The SMILES string of the molecule is CCOC(=O)C1=C(C)N=c2s/c(=C/c3ccc(N(C)C)cc3)c(=O)n2[C@@H]1c1ccc(OC(=O)c2ccco2)cc1. The maximum atomic E-state index is 13.8. The average Bonchev–Trinajstić information content (AvgIpc) is 3.58. The number of allylic oxidation sites excluding steroid dienone is 1. The smallest absolute Gasteiger partial charge is 0.379 e. The van der Waals surface area contributed by atoms with Crippen molar-refractivity contribution in [3.8, 4) is 5.75 Å². The average molecular weight is 558 g/mol. The number of furan rings is 1. The lowest BCUT2D eigenvalue weighted by Gasteiger charge is -2.24. The third kappa shape index (κ3) is 5.26. The first-order chi connectivity index (χ1) is 19.3. The normalized spacial score (nSPS) is 14.9. The number of ether oxygens (including phenoxy) is 2. The van der Waals surface area contributed by atoms with E-state index in [0.29, 0.717) is 20.6 Å². The summed E-state index contributed by atoms with van der Waals surface area (Å²) in [6.45, 7) is 3.63. The molecule has 1 aliphatic rings. The summed E-state index contributed by atoms with van der Waals surface area (Å²) >= 11 is 1.26. The van der Waals surface area contributed by atoms with Gasteiger partial charge in [0.2, 0.25) is 5.76 Å². The van der Waals surface area contributed by atoms with E-state index < -0.39 is 18.0 Å². The molecule has 40 heavy (non-hydrogen) atoms. The molecule has 2 aromatic carbocycles. The van der Waals surface area contributed by atoms with E-state index in [-0.39, 0.29) is 29.2 Å². The second kappa shape index (κ2) is 11.2. The molecule has 0 bridgehead atoms. The van der Waals surface area contributed by atoms with Crippen molar-refractivity contribution in [2.45, 2.75) is 19.9 Å². The van der Waals surface area contributed by atoms with E-state index in [1.54, 1.807) is 44.2 Å². The fraction of sp³-hybridized carbons (Fsp3) is 0.200. The van der Waals surface area contributed by atoms with Gasteiger partial charge in [0.05, 0.1) is 34.7 Å². The molecule has 204 valence electrons. The maximum Gasteiger partial charge on any atom is 0.379 e. The molecule has 0 fully saturated rings. The minimum absolute atomic E-state index is 0.0794. The maximum absolute atomic E-state index is 13.8. The van der Waals surface area contributed by atoms with Crippen molar-refractivity contribution in [1.29, 1.82) is 0 Å². The zero-order valence-electron chi connectivity index (χ0n) is 22.4. The van der Waals surface area contributed by atoms with Crippen molar-refractivity contribution in [3.63, 3.8) is 0 Å². The Balaban J connectivity index is 1.57. The first-order valence-electron chi connectivity index (χ1n) is 12.6. The summed E-state index contributed by atoms with van der Waals surface area (Å²) in [7, 11) is 3.93. The predicted octanol–water partition coefficient (Wildman–Crippen LogP) is 3.68. The number of hydrogen-bond acceptors (Lipinski definition) is 9. The number of esters is 2.